The second-order valence-electron chi connectivity index (χ2n) is 5.34. The summed E-state index contributed by atoms with van der Waals surface area (Å²) in [5.41, 5.74) is 0.911. The molecule has 21 heavy (non-hydrogen) atoms. The summed E-state index contributed by atoms with van der Waals surface area (Å²) >= 11 is 5.97. The van der Waals surface area contributed by atoms with Crippen LogP contribution in [-0.2, 0) is 16.1 Å². The molecule has 0 aromatic heterocycles. The quantitative estimate of drug-likeness (QED) is 0.878. The average molecular weight is 311 g/mol. The molecule has 0 aliphatic heterocycles. The summed E-state index contributed by atoms with van der Waals surface area (Å²) in [6.45, 7) is 7.71. The highest BCUT2D eigenvalue weighted by Crippen LogP contribution is 2.15. The molecule has 4 nitrogen and oxygen atoms in total. The van der Waals surface area contributed by atoms with Gasteiger partial charge in [-0.25, -0.2) is 0 Å². The molecule has 1 aromatic rings. The average Bonchev–Trinajstić information content (AvgIpc) is 2.42. The maximum atomic E-state index is 12.1. The van der Waals surface area contributed by atoms with Gasteiger partial charge < -0.3 is 10.2 Å². The second-order valence-corrected chi connectivity index (χ2v) is 5.78. The van der Waals surface area contributed by atoms with Crippen LogP contribution >= 0.6 is 11.6 Å². The monoisotopic (exact) mass is 310 g/mol. The zero-order chi connectivity index (χ0) is 16.0. The van der Waals surface area contributed by atoms with Crippen LogP contribution in [0.1, 0.15) is 39.7 Å². The normalized spacial score (nSPS) is 12.1. The highest BCUT2D eigenvalue weighted by molar-refractivity contribution is 6.30. The van der Waals surface area contributed by atoms with Gasteiger partial charge >= 0.3 is 0 Å². The van der Waals surface area contributed by atoms with Crippen molar-refractivity contribution >= 4 is 23.4 Å². The minimum Gasteiger partial charge on any atom is -0.352 e. The van der Waals surface area contributed by atoms with E-state index in [9.17, 15) is 9.59 Å². The Hall–Kier alpha value is -1.55. The number of nitrogens with zero attached hydrogens (tertiary/aromatic N) is 1. The Balaban J connectivity index is 2.90. The molecule has 0 radical (unpaired) electrons. The van der Waals surface area contributed by atoms with E-state index in [-0.39, 0.29) is 17.9 Å². The van der Waals surface area contributed by atoms with E-state index >= 15 is 0 Å². The standard InChI is InChI=1S/C16H23ClN2O2/c1-5-15(20)19(12(4)16(21)18-11(2)3)10-13-7-6-8-14(17)9-13/h6-9,11-12H,5,10H2,1-4H3,(H,18,21)/t12-/m0/s1. The first-order chi connectivity index (χ1) is 9.85. The van der Waals surface area contributed by atoms with Crippen LogP contribution in [0.25, 0.3) is 0 Å². The molecule has 0 unspecified atom stereocenters. The molecular formula is C16H23ClN2O2. The number of carbonyl (C=O) groups excluding carboxylic acids is 2. The first-order valence-electron chi connectivity index (χ1n) is 7.19. The number of nitrogens with one attached hydrogen (secondary N) is 1. The minimum absolute atomic E-state index is 0.0460. The van der Waals surface area contributed by atoms with E-state index in [0.29, 0.717) is 18.0 Å². The predicted octanol–water partition coefficient (Wildman–Crippen LogP) is 2.99. The summed E-state index contributed by atoms with van der Waals surface area (Å²) in [6, 6.07) is 6.86. The lowest BCUT2D eigenvalue weighted by molar-refractivity contribution is -0.140. The van der Waals surface area contributed by atoms with E-state index in [2.05, 4.69) is 5.32 Å². The summed E-state index contributed by atoms with van der Waals surface area (Å²) in [6.07, 6.45) is 0.361. The molecule has 0 fully saturated rings. The molecular weight excluding hydrogens is 288 g/mol. The summed E-state index contributed by atoms with van der Waals surface area (Å²) in [5, 5.41) is 3.46. The van der Waals surface area contributed by atoms with E-state index in [1.807, 2.05) is 32.0 Å². The molecule has 0 heterocycles. The van der Waals surface area contributed by atoms with Gasteiger partial charge in [-0.15, -0.1) is 0 Å². The van der Waals surface area contributed by atoms with E-state index in [4.69, 9.17) is 11.6 Å². The van der Waals surface area contributed by atoms with Crippen LogP contribution in [0.4, 0.5) is 0 Å². The van der Waals surface area contributed by atoms with Crippen molar-refractivity contribution in [3.8, 4) is 0 Å². The molecule has 2 amide bonds. The van der Waals surface area contributed by atoms with Crippen molar-refractivity contribution in [2.45, 2.75) is 52.7 Å². The summed E-state index contributed by atoms with van der Waals surface area (Å²) < 4.78 is 0. The van der Waals surface area contributed by atoms with Gasteiger partial charge in [-0.2, -0.15) is 0 Å². The SMILES string of the molecule is CCC(=O)N(Cc1cccc(Cl)c1)[C@@H](C)C(=O)NC(C)C. The van der Waals surface area contributed by atoms with Crippen LogP contribution in [-0.4, -0.2) is 28.8 Å². The third kappa shape index (κ3) is 5.38. The van der Waals surface area contributed by atoms with Gasteiger partial charge in [-0.05, 0) is 38.5 Å². The van der Waals surface area contributed by atoms with Gasteiger partial charge in [0.2, 0.25) is 11.8 Å². The Morgan fingerprint density at radius 2 is 1.95 bits per heavy atom. The van der Waals surface area contributed by atoms with Crippen LogP contribution < -0.4 is 5.32 Å². The number of carbonyl (C=O) groups is 2. The minimum atomic E-state index is -0.515. The molecule has 1 rings (SSSR count). The fourth-order valence-electron chi connectivity index (χ4n) is 2.02. The smallest absolute Gasteiger partial charge is 0.242 e. The molecule has 0 bridgehead atoms. The molecule has 1 N–H and O–H groups in total. The Morgan fingerprint density at radius 3 is 2.48 bits per heavy atom. The highest BCUT2D eigenvalue weighted by atomic mass is 35.5. The van der Waals surface area contributed by atoms with Gasteiger partial charge in [-0.1, -0.05) is 30.7 Å². The number of hydrogen-bond donors (Lipinski definition) is 1. The van der Waals surface area contributed by atoms with Crippen LogP contribution in [0.3, 0.4) is 0 Å². The Labute approximate surface area is 131 Å². The second kappa shape index (κ2) is 8.03. The lowest BCUT2D eigenvalue weighted by atomic mass is 10.1. The zero-order valence-corrected chi connectivity index (χ0v) is 13.8. The van der Waals surface area contributed by atoms with Crippen molar-refractivity contribution in [1.82, 2.24) is 10.2 Å². The third-order valence-electron chi connectivity index (χ3n) is 3.14. The predicted molar refractivity (Wildman–Crippen MR) is 85.0 cm³/mol. The molecule has 1 aromatic carbocycles. The van der Waals surface area contributed by atoms with Crippen molar-refractivity contribution in [3.05, 3.63) is 34.9 Å². The van der Waals surface area contributed by atoms with E-state index < -0.39 is 6.04 Å². The van der Waals surface area contributed by atoms with Crippen LogP contribution in [0, 0.1) is 0 Å². The molecule has 0 saturated carbocycles. The van der Waals surface area contributed by atoms with Crippen molar-refractivity contribution in [3.63, 3.8) is 0 Å². The molecule has 5 heteroatoms. The number of halogens is 1. The molecule has 0 spiro atoms. The topological polar surface area (TPSA) is 49.4 Å². The van der Waals surface area contributed by atoms with E-state index in [1.165, 1.54) is 0 Å². The van der Waals surface area contributed by atoms with Gasteiger partial charge in [0, 0.05) is 24.0 Å². The van der Waals surface area contributed by atoms with Crippen molar-refractivity contribution in [2.24, 2.45) is 0 Å². The van der Waals surface area contributed by atoms with E-state index in [1.54, 1.807) is 24.8 Å². The zero-order valence-electron chi connectivity index (χ0n) is 13.0. The maximum Gasteiger partial charge on any atom is 0.242 e. The summed E-state index contributed by atoms with van der Waals surface area (Å²) in [4.78, 5) is 25.9. The maximum absolute atomic E-state index is 12.1. The van der Waals surface area contributed by atoms with Gasteiger partial charge in [0.15, 0.2) is 0 Å². The lowest BCUT2D eigenvalue weighted by Gasteiger charge is -2.29. The molecule has 116 valence electrons. The van der Waals surface area contributed by atoms with Crippen molar-refractivity contribution < 1.29 is 9.59 Å². The molecule has 1 atom stereocenters. The first kappa shape index (κ1) is 17.5. The fraction of sp³-hybridized carbons (Fsp3) is 0.500. The summed E-state index contributed by atoms with van der Waals surface area (Å²) in [7, 11) is 0. The largest absolute Gasteiger partial charge is 0.352 e. The van der Waals surface area contributed by atoms with Gasteiger partial charge in [0.1, 0.15) is 6.04 Å². The van der Waals surface area contributed by atoms with Crippen molar-refractivity contribution in [2.75, 3.05) is 0 Å². The van der Waals surface area contributed by atoms with Crippen LogP contribution in [0.15, 0.2) is 24.3 Å². The third-order valence-corrected chi connectivity index (χ3v) is 3.38. The highest BCUT2D eigenvalue weighted by Gasteiger charge is 2.25. The molecule has 0 aliphatic rings. The fourth-order valence-corrected chi connectivity index (χ4v) is 2.24. The molecule has 0 aliphatic carbocycles. The summed E-state index contributed by atoms with van der Waals surface area (Å²) in [5.74, 6) is -0.199. The lowest BCUT2D eigenvalue weighted by Crippen LogP contribution is -2.48. The van der Waals surface area contributed by atoms with Gasteiger partial charge in [0.25, 0.3) is 0 Å². The van der Waals surface area contributed by atoms with E-state index in [0.717, 1.165) is 5.56 Å². The number of benzene rings is 1. The van der Waals surface area contributed by atoms with Crippen molar-refractivity contribution in [1.29, 1.82) is 0 Å². The first-order valence-corrected chi connectivity index (χ1v) is 7.57. The molecule has 0 saturated heterocycles. The van der Waals surface area contributed by atoms with Crippen LogP contribution in [0.2, 0.25) is 5.02 Å². The van der Waals surface area contributed by atoms with Gasteiger partial charge in [0.05, 0.1) is 0 Å². The van der Waals surface area contributed by atoms with Crippen LogP contribution in [0.5, 0.6) is 0 Å². The Bertz CT molecular complexity index is 503. The Kier molecular flexibility index (Phi) is 6.69. The van der Waals surface area contributed by atoms with Gasteiger partial charge in [-0.3, -0.25) is 9.59 Å². The number of amides is 2. The number of hydrogen-bond acceptors (Lipinski definition) is 2. The Morgan fingerprint density at radius 1 is 1.29 bits per heavy atom. The number of rotatable bonds is 6.